The normalized spacial score (nSPS) is 32.0. The molecule has 4 aliphatic rings. The summed E-state index contributed by atoms with van der Waals surface area (Å²) >= 11 is 0. The summed E-state index contributed by atoms with van der Waals surface area (Å²) in [4.78, 5) is 13.8. The van der Waals surface area contributed by atoms with Gasteiger partial charge in [0.2, 0.25) is 0 Å². The molecule has 2 atom stereocenters. The number of nitrogens with one attached hydrogen (secondary N) is 2. The zero-order valence-electron chi connectivity index (χ0n) is 14.2. The van der Waals surface area contributed by atoms with Crippen molar-refractivity contribution in [2.45, 2.75) is 31.5 Å². The Hall–Kier alpha value is -0.940. The second-order valence-corrected chi connectivity index (χ2v) is 6.68. The predicted octanol–water partition coefficient (Wildman–Crippen LogP) is -0.624. The van der Waals surface area contributed by atoms with Crippen LogP contribution >= 0.6 is 24.0 Å². The Labute approximate surface area is 160 Å². The van der Waals surface area contributed by atoms with Gasteiger partial charge < -0.3 is 10.6 Å². The van der Waals surface area contributed by atoms with Crippen LogP contribution in [0.3, 0.4) is 0 Å². The highest BCUT2D eigenvalue weighted by molar-refractivity contribution is 14.0. The van der Waals surface area contributed by atoms with Crippen molar-refractivity contribution in [3.8, 4) is 0 Å². The van der Waals surface area contributed by atoms with Crippen LogP contribution in [0.15, 0.2) is 11.3 Å². The van der Waals surface area contributed by atoms with E-state index < -0.39 is 0 Å². The number of aromatic nitrogens is 3. The van der Waals surface area contributed by atoms with Crippen molar-refractivity contribution in [2.24, 2.45) is 4.99 Å². The number of hydrogen-bond acceptors (Lipinski definition) is 5. The molecule has 1 aromatic rings. The summed E-state index contributed by atoms with van der Waals surface area (Å²) in [5, 5.41) is 11.3. The average Bonchev–Trinajstić information content (AvgIpc) is 3.07. The van der Waals surface area contributed by atoms with Gasteiger partial charge in [0.05, 0.1) is 6.54 Å². The smallest absolute Gasteiger partial charge is 0.191 e. The largest absolute Gasteiger partial charge is 0.355 e. The van der Waals surface area contributed by atoms with Crippen LogP contribution in [0.2, 0.25) is 0 Å². The van der Waals surface area contributed by atoms with E-state index in [1.54, 1.807) is 6.33 Å². The summed E-state index contributed by atoms with van der Waals surface area (Å²) < 4.78 is 1.99. The van der Waals surface area contributed by atoms with Crippen LogP contribution in [-0.2, 0) is 13.0 Å². The van der Waals surface area contributed by atoms with E-state index in [0.717, 1.165) is 37.7 Å². The summed E-state index contributed by atoms with van der Waals surface area (Å²) in [6.45, 7) is 7.86. The number of piperazine rings is 3. The third-order valence-electron chi connectivity index (χ3n) is 5.27. The Kier molecular flexibility index (Phi) is 5.93. The van der Waals surface area contributed by atoms with Gasteiger partial charge in [0.25, 0.3) is 0 Å². The van der Waals surface area contributed by atoms with Crippen molar-refractivity contribution >= 4 is 29.9 Å². The van der Waals surface area contributed by atoms with Gasteiger partial charge >= 0.3 is 0 Å². The van der Waals surface area contributed by atoms with Crippen molar-refractivity contribution in [1.29, 1.82) is 0 Å². The molecule has 2 unspecified atom stereocenters. The Morgan fingerprint density at radius 2 is 2.12 bits per heavy atom. The minimum Gasteiger partial charge on any atom is -0.355 e. The lowest BCUT2D eigenvalue weighted by atomic mass is 10.1. The van der Waals surface area contributed by atoms with Gasteiger partial charge in [-0.1, -0.05) is 0 Å². The molecule has 9 heteroatoms. The quantitative estimate of drug-likeness (QED) is 0.366. The number of aryl methyl sites for hydroxylation is 1. The second kappa shape index (κ2) is 7.96. The maximum Gasteiger partial charge on any atom is 0.191 e. The van der Waals surface area contributed by atoms with Crippen LogP contribution in [0.4, 0.5) is 0 Å². The molecule has 24 heavy (non-hydrogen) atoms. The van der Waals surface area contributed by atoms with Gasteiger partial charge in [-0.15, -0.1) is 24.0 Å². The minimum atomic E-state index is 0. The lowest BCUT2D eigenvalue weighted by molar-refractivity contribution is 0.0154. The van der Waals surface area contributed by atoms with Crippen LogP contribution in [0.25, 0.3) is 0 Å². The highest BCUT2D eigenvalue weighted by atomic mass is 127. The van der Waals surface area contributed by atoms with Gasteiger partial charge in [0.15, 0.2) is 5.96 Å². The van der Waals surface area contributed by atoms with Gasteiger partial charge in [-0.25, -0.2) is 9.67 Å². The molecule has 8 nitrogen and oxygen atoms in total. The summed E-state index contributed by atoms with van der Waals surface area (Å²) in [6, 6.07) is 0.964. The van der Waals surface area contributed by atoms with Crippen molar-refractivity contribution in [3.05, 3.63) is 12.2 Å². The first-order valence-corrected chi connectivity index (χ1v) is 8.62. The van der Waals surface area contributed by atoms with E-state index in [9.17, 15) is 0 Å². The molecule has 3 saturated heterocycles. The molecule has 5 rings (SSSR count). The maximum absolute atomic E-state index is 4.39. The summed E-state index contributed by atoms with van der Waals surface area (Å²) in [5.74, 6) is 1.99. The Morgan fingerprint density at radius 3 is 2.83 bits per heavy atom. The van der Waals surface area contributed by atoms with Gasteiger partial charge in [-0.05, 0) is 6.42 Å². The third-order valence-corrected chi connectivity index (χ3v) is 5.27. The molecule has 0 radical (unpaired) electrons. The fourth-order valence-corrected chi connectivity index (χ4v) is 3.88. The second-order valence-electron chi connectivity index (χ2n) is 6.68. The van der Waals surface area contributed by atoms with Crippen LogP contribution < -0.4 is 10.6 Å². The first kappa shape index (κ1) is 17.9. The fraction of sp³-hybridized carbons (Fsp3) is 0.800. The molecule has 0 aliphatic carbocycles. The molecular weight excluding hydrogens is 419 g/mol. The molecule has 0 saturated carbocycles. The number of aliphatic imine (C=N–C) groups is 1. The van der Waals surface area contributed by atoms with E-state index in [4.69, 9.17) is 0 Å². The van der Waals surface area contributed by atoms with Gasteiger partial charge in [0, 0.05) is 64.8 Å². The molecule has 0 spiro atoms. The molecule has 134 valence electrons. The Bertz CT molecular complexity index is 566. The number of guanidine groups is 1. The Morgan fingerprint density at radius 1 is 1.29 bits per heavy atom. The van der Waals surface area contributed by atoms with Gasteiger partial charge in [-0.2, -0.15) is 5.10 Å². The number of fused-ring (bicyclic) bond motifs is 4. The monoisotopic (exact) mass is 446 g/mol. The molecule has 2 N–H and O–H groups in total. The van der Waals surface area contributed by atoms with Crippen LogP contribution in [0.1, 0.15) is 12.2 Å². The first-order chi connectivity index (χ1) is 11.3. The van der Waals surface area contributed by atoms with Crippen LogP contribution in [0, 0.1) is 0 Å². The lowest BCUT2D eigenvalue weighted by Gasteiger charge is -2.47. The molecule has 1 aromatic heterocycles. The zero-order chi connectivity index (χ0) is 15.6. The minimum absolute atomic E-state index is 0. The van der Waals surface area contributed by atoms with Crippen molar-refractivity contribution < 1.29 is 0 Å². The predicted molar refractivity (Wildman–Crippen MR) is 104 cm³/mol. The van der Waals surface area contributed by atoms with E-state index in [1.165, 1.54) is 32.7 Å². The zero-order valence-corrected chi connectivity index (χ0v) is 16.5. The molecule has 4 aliphatic heterocycles. The SMILES string of the molecule is CN=C(NCC1CN2CCN1CC2)NC1CCc2ncnn2C1.I. The van der Waals surface area contributed by atoms with Crippen molar-refractivity contribution in [3.63, 3.8) is 0 Å². The number of rotatable bonds is 3. The molecule has 5 heterocycles. The van der Waals surface area contributed by atoms with Crippen molar-refractivity contribution in [2.75, 3.05) is 46.3 Å². The molecule has 3 fully saturated rings. The topological polar surface area (TPSA) is 73.6 Å². The number of hydrogen-bond donors (Lipinski definition) is 2. The molecule has 2 bridgehead atoms. The molecule has 0 aromatic carbocycles. The van der Waals surface area contributed by atoms with E-state index in [1.807, 2.05) is 11.7 Å². The van der Waals surface area contributed by atoms with Gasteiger partial charge in [0.1, 0.15) is 12.2 Å². The maximum atomic E-state index is 4.39. The Balaban J connectivity index is 0.00000169. The number of nitrogens with zero attached hydrogens (tertiary/aromatic N) is 6. The standard InChI is InChI=1S/C15H26N8.HI/c1-16-15(17-8-13-10-21-4-6-22(13)7-5-21)20-12-2-3-14-18-11-19-23(14)9-12;/h11-13H,2-10H2,1H3,(H2,16,17,20);1H. The van der Waals surface area contributed by atoms with Crippen molar-refractivity contribution in [1.82, 2.24) is 35.2 Å². The number of halogens is 1. The highest BCUT2D eigenvalue weighted by Gasteiger charge is 2.31. The van der Waals surface area contributed by atoms with E-state index in [2.05, 4.69) is 35.5 Å². The van der Waals surface area contributed by atoms with Crippen LogP contribution in [0.5, 0.6) is 0 Å². The molecular formula is C15H27IN8. The summed E-state index contributed by atoms with van der Waals surface area (Å²) in [5.41, 5.74) is 0. The van der Waals surface area contributed by atoms with E-state index in [0.29, 0.717) is 12.1 Å². The lowest BCUT2D eigenvalue weighted by Crippen LogP contribution is -2.64. The van der Waals surface area contributed by atoms with E-state index >= 15 is 0 Å². The van der Waals surface area contributed by atoms with E-state index in [-0.39, 0.29) is 24.0 Å². The third kappa shape index (κ3) is 3.83. The molecule has 0 amide bonds. The summed E-state index contributed by atoms with van der Waals surface area (Å²) in [7, 11) is 1.84. The van der Waals surface area contributed by atoms with Crippen LogP contribution in [-0.4, -0.2) is 88.9 Å². The highest BCUT2D eigenvalue weighted by Crippen LogP contribution is 2.15. The average molecular weight is 446 g/mol. The summed E-state index contributed by atoms with van der Waals surface area (Å²) in [6.07, 6.45) is 3.69. The fourth-order valence-electron chi connectivity index (χ4n) is 3.88. The first-order valence-electron chi connectivity index (χ1n) is 8.62. The van der Waals surface area contributed by atoms with Gasteiger partial charge in [-0.3, -0.25) is 14.8 Å².